The van der Waals surface area contributed by atoms with Crippen molar-refractivity contribution in [1.29, 1.82) is 0 Å². The van der Waals surface area contributed by atoms with Crippen LogP contribution in [0, 0.1) is 22.7 Å². The second kappa shape index (κ2) is 4.74. The van der Waals surface area contributed by atoms with E-state index in [1.165, 1.54) is 4.57 Å². The summed E-state index contributed by atoms with van der Waals surface area (Å²) in [7, 11) is 0. The third-order valence-corrected chi connectivity index (χ3v) is 7.98. The largest absolute Gasteiger partial charge is 0.352 e. The molecule has 3 heterocycles. The van der Waals surface area contributed by atoms with Gasteiger partial charge in [-0.25, -0.2) is 23.5 Å². The van der Waals surface area contributed by atoms with Crippen LogP contribution in [0.4, 0.5) is 0 Å². The normalized spacial score (nSPS) is 38.8. The van der Waals surface area contributed by atoms with E-state index in [4.69, 9.17) is 0 Å². The van der Waals surface area contributed by atoms with Crippen LogP contribution < -0.4 is 11.4 Å². The standard InChI is InChI=1S/C22H21N3O3/c1-3-7-13-12-17(26)21(2)18-15-10-11-16(22(13,18)21)25-20(28)23(19(27)24(15)25)14-8-5-4-6-9-14/h3-6,8-11,13,15-16,18H,1,7,12H2,2H3/t13-,15-,16+,18-,21-,22-/m1/s1. The van der Waals surface area contributed by atoms with Crippen molar-refractivity contribution < 1.29 is 4.79 Å². The highest BCUT2D eigenvalue weighted by Crippen LogP contribution is 2.87. The molecule has 1 spiro atoms. The van der Waals surface area contributed by atoms with Crippen molar-refractivity contribution in [1.82, 2.24) is 13.9 Å². The summed E-state index contributed by atoms with van der Waals surface area (Å²) in [6.45, 7) is 5.93. The molecule has 0 amide bonds. The predicted molar refractivity (Wildman–Crippen MR) is 103 cm³/mol. The molecule has 0 saturated heterocycles. The van der Waals surface area contributed by atoms with Crippen molar-refractivity contribution in [3.63, 3.8) is 0 Å². The molecule has 7 rings (SSSR count). The zero-order valence-electron chi connectivity index (χ0n) is 15.6. The number of aromatic nitrogens is 3. The minimum atomic E-state index is -0.470. The van der Waals surface area contributed by atoms with Gasteiger partial charge in [0.15, 0.2) is 0 Å². The molecule has 6 nitrogen and oxygen atoms in total. The Kier molecular flexibility index (Phi) is 2.73. The van der Waals surface area contributed by atoms with Gasteiger partial charge in [0.05, 0.1) is 17.8 Å². The number of ketones is 1. The van der Waals surface area contributed by atoms with Crippen molar-refractivity contribution in [2.45, 2.75) is 31.8 Å². The summed E-state index contributed by atoms with van der Waals surface area (Å²) in [6, 6.07) is 8.51. The monoisotopic (exact) mass is 375 g/mol. The maximum absolute atomic E-state index is 13.4. The van der Waals surface area contributed by atoms with Crippen LogP contribution in [0.1, 0.15) is 31.8 Å². The van der Waals surface area contributed by atoms with E-state index in [1.54, 1.807) is 21.5 Å². The highest BCUT2D eigenvalue weighted by Gasteiger charge is 2.89. The second-order valence-corrected chi connectivity index (χ2v) is 8.71. The topological polar surface area (TPSA) is 66.0 Å². The maximum Gasteiger partial charge on any atom is 0.352 e. The summed E-state index contributed by atoms with van der Waals surface area (Å²) >= 11 is 0. The fourth-order valence-corrected chi connectivity index (χ4v) is 7.03. The Hall–Kier alpha value is -2.89. The molecule has 6 heteroatoms. The van der Waals surface area contributed by atoms with Crippen molar-refractivity contribution in [2.24, 2.45) is 22.7 Å². The fourth-order valence-electron chi connectivity index (χ4n) is 7.03. The quantitative estimate of drug-likeness (QED) is 0.773. The first kappa shape index (κ1) is 16.1. The van der Waals surface area contributed by atoms with Gasteiger partial charge in [0, 0.05) is 23.2 Å². The van der Waals surface area contributed by atoms with Gasteiger partial charge in [0.25, 0.3) is 0 Å². The van der Waals surface area contributed by atoms with Crippen molar-refractivity contribution in [3.05, 3.63) is 76.1 Å². The molecule has 1 aromatic carbocycles. The molecule has 6 atom stereocenters. The first-order valence-electron chi connectivity index (χ1n) is 9.83. The zero-order valence-corrected chi connectivity index (χ0v) is 15.6. The van der Waals surface area contributed by atoms with E-state index < -0.39 is 5.41 Å². The van der Waals surface area contributed by atoms with E-state index in [1.807, 2.05) is 37.3 Å². The Morgan fingerprint density at radius 1 is 1.11 bits per heavy atom. The van der Waals surface area contributed by atoms with Crippen molar-refractivity contribution >= 4 is 5.78 Å². The lowest BCUT2D eigenvalue weighted by atomic mass is 9.73. The molecule has 2 bridgehead atoms. The Labute approximate surface area is 161 Å². The van der Waals surface area contributed by atoms with Crippen LogP contribution in [-0.4, -0.2) is 19.7 Å². The number of rotatable bonds is 3. The summed E-state index contributed by atoms with van der Waals surface area (Å²) in [4.78, 5) is 39.7. The van der Waals surface area contributed by atoms with Crippen molar-refractivity contribution in [3.8, 4) is 5.69 Å². The molecule has 28 heavy (non-hydrogen) atoms. The third-order valence-electron chi connectivity index (χ3n) is 7.98. The van der Waals surface area contributed by atoms with Crippen LogP contribution in [0.3, 0.4) is 0 Å². The van der Waals surface area contributed by atoms with Gasteiger partial charge >= 0.3 is 11.4 Å². The Morgan fingerprint density at radius 2 is 1.82 bits per heavy atom. The van der Waals surface area contributed by atoms with E-state index in [9.17, 15) is 14.4 Å². The van der Waals surface area contributed by atoms with Gasteiger partial charge in [0.1, 0.15) is 5.78 Å². The number of allylic oxidation sites excluding steroid dienone is 3. The third kappa shape index (κ3) is 1.39. The molecule has 1 aromatic heterocycles. The highest BCUT2D eigenvalue weighted by molar-refractivity contribution is 5.94. The van der Waals surface area contributed by atoms with E-state index in [0.717, 1.165) is 6.42 Å². The van der Waals surface area contributed by atoms with E-state index in [0.29, 0.717) is 12.1 Å². The van der Waals surface area contributed by atoms with Crippen molar-refractivity contribution in [2.75, 3.05) is 0 Å². The number of carbonyl (C=O) groups excluding carboxylic acids is 1. The molecule has 2 aliphatic heterocycles. The van der Waals surface area contributed by atoms with Crippen LogP contribution in [0.25, 0.3) is 5.69 Å². The fraction of sp³-hybridized carbons (Fsp3) is 0.409. The summed E-state index contributed by atoms with van der Waals surface area (Å²) < 4.78 is 4.47. The average Bonchev–Trinajstić information content (AvgIpc) is 3.13. The summed E-state index contributed by atoms with van der Waals surface area (Å²) in [5.74, 6) is 0.510. The second-order valence-electron chi connectivity index (χ2n) is 8.71. The Morgan fingerprint density at radius 3 is 2.54 bits per heavy atom. The van der Waals surface area contributed by atoms with Gasteiger partial charge in [0.2, 0.25) is 0 Å². The SMILES string of the molecule is C=CC[C@@H]1CC(=O)[C@]2(C)[C@H]3[C@H]4C=C[C@H](n5c(=O)n(-c6ccccc6)c(=O)n54)[C@]132. The molecule has 2 saturated carbocycles. The molecule has 0 N–H and O–H groups in total. The number of nitrogens with zero attached hydrogens (tertiary/aromatic N) is 3. The van der Waals surface area contributed by atoms with Crippen LogP contribution in [0.5, 0.6) is 0 Å². The van der Waals surface area contributed by atoms with E-state index in [-0.39, 0.29) is 46.5 Å². The number of carbonyl (C=O) groups is 1. The van der Waals surface area contributed by atoms with Crippen LogP contribution >= 0.6 is 0 Å². The number of benzene rings is 1. The molecular weight excluding hydrogens is 354 g/mol. The van der Waals surface area contributed by atoms with Crippen LogP contribution in [0.2, 0.25) is 0 Å². The Bertz CT molecular complexity index is 1200. The van der Waals surface area contributed by atoms with Gasteiger partial charge in [-0.1, -0.05) is 43.4 Å². The lowest BCUT2D eigenvalue weighted by Gasteiger charge is -2.42. The molecular formula is C22H21N3O3. The molecule has 5 aliphatic rings. The number of hydrogen-bond acceptors (Lipinski definition) is 3. The van der Waals surface area contributed by atoms with Gasteiger partial charge in [-0.3, -0.25) is 4.79 Å². The smallest absolute Gasteiger partial charge is 0.299 e. The van der Waals surface area contributed by atoms with Crippen LogP contribution in [-0.2, 0) is 4.79 Å². The van der Waals surface area contributed by atoms with Crippen LogP contribution in [0.15, 0.2) is 64.7 Å². The predicted octanol–water partition coefficient (Wildman–Crippen LogP) is 2.25. The lowest BCUT2D eigenvalue weighted by Crippen LogP contribution is -2.46. The summed E-state index contributed by atoms with van der Waals surface area (Å²) in [5.41, 5.74) is -0.829. The first-order chi connectivity index (χ1) is 13.5. The Balaban J connectivity index is 1.62. The summed E-state index contributed by atoms with van der Waals surface area (Å²) in [6.07, 6.45) is 7.25. The minimum Gasteiger partial charge on any atom is -0.299 e. The summed E-state index contributed by atoms with van der Waals surface area (Å²) in [5, 5.41) is 0. The van der Waals surface area contributed by atoms with E-state index >= 15 is 0 Å². The van der Waals surface area contributed by atoms with E-state index in [2.05, 4.69) is 12.7 Å². The van der Waals surface area contributed by atoms with Gasteiger partial charge in [-0.15, -0.1) is 6.58 Å². The molecule has 2 aromatic rings. The number of para-hydroxylation sites is 1. The molecule has 2 fully saturated rings. The first-order valence-corrected chi connectivity index (χ1v) is 9.83. The highest BCUT2D eigenvalue weighted by atomic mass is 16.2. The molecule has 0 unspecified atom stereocenters. The number of Topliss-reactive ketones (excluding diaryl/α,β-unsaturated/α-hetero) is 1. The molecule has 3 aliphatic carbocycles. The lowest BCUT2D eigenvalue weighted by molar-refractivity contribution is -0.123. The minimum absolute atomic E-state index is 0.0740. The molecule has 0 radical (unpaired) electrons. The number of hydrogen-bond donors (Lipinski definition) is 0. The van der Waals surface area contributed by atoms with Gasteiger partial charge < -0.3 is 0 Å². The van der Waals surface area contributed by atoms with Gasteiger partial charge in [-0.2, -0.15) is 0 Å². The zero-order chi connectivity index (χ0) is 19.4. The van der Waals surface area contributed by atoms with Gasteiger partial charge in [-0.05, 0) is 24.5 Å². The maximum atomic E-state index is 13.4. The average molecular weight is 375 g/mol. The molecule has 142 valence electrons.